The van der Waals surface area contributed by atoms with Crippen molar-refractivity contribution in [2.75, 3.05) is 0 Å². The number of aryl methyl sites for hydroxylation is 2. The number of benzene rings is 1. The van der Waals surface area contributed by atoms with Crippen LogP contribution in [0, 0.1) is 41.9 Å². The third-order valence-electron chi connectivity index (χ3n) is 8.58. The number of ketones is 1. The molecule has 0 amide bonds. The van der Waals surface area contributed by atoms with Crippen LogP contribution in [-0.4, -0.2) is 10.9 Å². The van der Waals surface area contributed by atoms with Crippen LogP contribution >= 0.6 is 0 Å². The number of Topliss-reactive ketones (excluding diaryl/α,β-unsaturated/α-hetero) is 1. The van der Waals surface area contributed by atoms with Crippen LogP contribution in [0.15, 0.2) is 29.8 Å². The van der Waals surface area contributed by atoms with Gasteiger partial charge < -0.3 is 5.11 Å². The summed E-state index contributed by atoms with van der Waals surface area (Å²) in [5, 5.41) is 9.87. The van der Waals surface area contributed by atoms with Crippen molar-refractivity contribution in [3.8, 4) is 5.75 Å². The van der Waals surface area contributed by atoms with Crippen LogP contribution in [0.3, 0.4) is 0 Å². The molecule has 2 nitrogen and oxygen atoms in total. The van der Waals surface area contributed by atoms with Crippen LogP contribution < -0.4 is 0 Å². The van der Waals surface area contributed by atoms with E-state index in [1.165, 1.54) is 24.0 Å². The average Bonchev–Trinajstić information content (AvgIpc) is 3.04. The van der Waals surface area contributed by atoms with Gasteiger partial charge in [-0.05, 0) is 105 Å². The Morgan fingerprint density at radius 2 is 2.00 bits per heavy atom. The van der Waals surface area contributed by atoms with E-state index < -0.39 is 0 Å². The van der Waals surface area contributed by atoms with Crippen molar-refractivity contribution in [1.82, 2.24) is 0 Å². The van der Waals surface area contributed by atoms with E-state index >= 15 is 0 Å². The lowest BCUT2D eigenvalue weighted by molar-refractivity contribution is -0.132. The SMILES string of the molecule is C/C(=C\CC(C)C)[C@@H](C)[C@H]1CC[C@H]2C(CCc3cc(O)ccc3C)C(=O)CC[C@]12C. The number of carbonyl (C=O) groups excluding carboxylic acids is 1. The lowest BCUT2D eigenvalue weighted by Crippen LogP contribution is -2.43. The van der Waals surface area contributed by atoms with Gasteiger partial charge in [0.05, 0.1) is 0 Å². The van der Waals surface area contributed by atoms with Crippen LogP contribution in [0.1, 0.15) is 84.3 Å². The lowest BCUT2D eigenvalue weighted by atomic mass is 9.57. The minimum Gasteiger partial charge on any atom is -0.508 e. The first-order valence-electron chi connectivity index (χ1n) is 12.1. The average molecular weight is 411 g/mol. The molecule has 0 spiro atoms. The molecule has 2 saturated carbocycles. The Balaban J connectivity index is 1.75. The largest absolute Gasteiger partial charge is 0.508 e. The van der Waals surface area contributed by atoms with E-state index in [1.54, 1.807) is 11.6 Å². The molecular weight excluding hydrogens is 368 g/mol. The topological polar surface area (TPSA) is 37.3 Å². The predicted molar refractivity (Wildman–Crippen MR) is 126 cm³/mol. The highest BCUT2D eigenvalue weighted by Crippen LogP contribution is 2.60. The van der Waals surface area contributed by atoms with E-state index in [4.69, 9.17) is 0 Å². The molecule has 30 heavy (non-hydrogen) atoms. The van der Waals surface area contributed by atoms with Gasteiger partial charge in [-0.3, -0.25) is 4.79 Å². The number of hydrogen-bond donors (Lipinski definition) is 1. The molecule has 2 aliphatic rings. The number of aromatic hydroxyl groups is 1. The monoisotopic (exact) mass is 410 g/mol. The molecule has 2 aliphatic carbocycles. The Morgan fingerprint density at radius 3 is 2.70 bits per heavy atom. The van der Waals surface area contributed by atoms with Crippen molar-refractivity contribution >= 4 is 5.78 Å². The highest BCUT2D eigenvalue weighted by Gasteiger charge is 2.54. The van der Waals surface area contributed by atoms with Gasteiger partial charge in [0.2, 0.25) is 0 Å². The van der Waals surface area contributed by atoms with E-state index in [1.807, 2.05) is 12.1 Å². The zero-order valence-electron chi connectivity index (χ0n) is 20.0. The molecular formula is C28H42O2. The fraction of sp³-hybridized carbons (Fsp3) is 0.679. The Morgan fingerprint density at radius 1 is 1.27 bits per heavy atom. The van der Waals surface area contributed by atoms with E-state index in [9.17, 15) is 9.90 Å². The second-order valence-electron chi connectivity index (χ2n) is 10.9. The van der Waals surface area contributed by atoms with Gasteiger partial charge in [0.15, 0.2) is 0 Å². The summed E-state index contributed by atoms with van der Waals surface area (Å²) < 4.78 is 0. The summed E-state index contributed by atoms with van der Waals surface area (Å²) in [6, 6.07) is 5.61. The zero-order valence-corrected chi connectivity index (χ0v) is 20.0. The smallest absolute Gasteiger partial charge is 0.136 e. The molecule has 0 aliphatic heterocycles. The van der Waals surface area contributed by atoms with Crippen molar-refractivity contribution in [1.29, 1.82) is 0 Å². The summed E-state index contributed by atoms with van der Waals surface area (Å²) in [5.41, 5.74) is 4.21. The van der Waals surface area contributed by atoms with Crippen LogP contribution in [0.25, 0.3) is 0 Å². The highest BCUT2D eigenvalue weighted by molar-refractivity contribution is 5.82. The quantitative estimate of drug-likeness (QED) is 0.480. The molecule has 1 aromatic rings. The maximum absolute atomic E-state index is 13.0. The summed E-state index contributed by atoms with van der Waals surface area (Å²) in [5.74, 6) is 3.50. The van der Waals surface area contributed by atoms with Gasteiger partial charge in [-0.1, -0.05) is 45.4 Å². The molecule has 0 radical (unpaired) electrons. The predicted octanol–water partition coefficient (Wildman–Crippen LogP) is 7.27. The standard InChI is InChI=1S/C28H42O2/c1-18(2)7-8-19(3)21(5)25-13-14-26-24(27(30)15-16-28(25,26)6)12-10-22-17-23(29)11-9-20(22)4/h8-9,11,17-18,21,24-26,29H,7,10,12-16H2,1-6H3/b19-8+/t21-,24?,25-,26+,28-/m1/s1. The Labute approximate surface area is 184 Å². The van der Waals surface area contributed by atoms with Crippen LogP contribution in [0.2, 0.25) is 0 Å². The van der Waals surface area contributed by atoms with Gasteiger partial charge in [-0.15, -0.1) is 0 Å². The van der Waals surface area contributed by atoms with E-state index in [2.05, 4.69) is 47.6 Å². The molecule has 0 heterocycles. The number of fused-ring (bicyclic) bond motifs is 1. The minimum atomic E-state index is 0.183. The third-order valence-corrected chi connectivity index (χ3v) is 8.58. The Kier molecular flexibility index (Phi) is 7.15. The highest BCUT2D eigenvalue weighted by atomic mass is 16.3. The molecule has 2 fully saturated rings. The molecule has 1 unspecified atom stereocenters. The van der Waals surface area contributed by atoms with Crippen molar-refractivity contribution in [3.05, 3.63) is 41.0 Å². The third kappa shape index (κ3) is 4.68. The molecule has 0 aromatic heterocycles. The number of carbonyl (C=O) groups is 1. The van der Waals surface area contributed by atoms with Crippen molar-refractivity contribution in [2.24, 2.45) is 35.0 Å². The summed E-state index contributed by atoms with van der Waals surface area (Å²) in [7, 11) is 0. The van der Waals surface area contributed by atoms with Gasteiger partial charge in [-0.25, -0.2) is 0 Å². The van der Waals surface area contributed by atoms with Crippen LogP contribution in [-0.2, 0) is 11.2 Å². The summed E-state index contributed by atoms with van der Waals surface area (Å²) in [6.07, 6.45) is 9.68. The summed E-state index contributed by atoms with van der Waals surface area (Å²) in [6.45, 7) is 13.9. The molecule has 3 rings (SSSR count). The van der Waals surface area contributed by atoms with Gasteiger partial charge in [0, 0.05) is 12.3 Å². The first-order valence-corrected chi connectivity index (χ1v) is 12.1. The minimum absolute atomic E-state index is 0.183. The number of rotatable bonds is 7. The number of allylic oxidation sites excluding steroid dienone is 2. The molecule has 0 bridgehead atoms. The van der Waals surface area contributed by atoms with E-state index in [-0.39, 0.29) is 11.3 Å². The normalized spacial score (nSPS) is 30.6. The summed E-state index contributed by atoms with van der Waals surface area (Å²) in [4.78, 5) is 13.0. The number of phenolic OH excluding ortho intramolecular Hbond substituents is 1. The fourth-order valence-electron chi connectivity index (χ4n) is 6.47. The first kappa shape index (κ1) is 23.1. The molecule has 1 N–H and O–H groups in total. The van der Waals surface area contributed by atoms with Crippen LogP contribution in [0.5, 0.6) is 5.75 Å². The Hall–Kier alpha value is -1.57. The van der Waals surface area contributed by atoms with Gasteiger partial charge in [-0.2, -0.15) is 0 Å². The summed E-state index contributed by atoms with van der Waals surface area (Å²) >= 11 is 0. The number of hydrogen-bond acceptors (Lipinski definition) is 2. The molecule has 0 saturated heterocycles. The lowest BCUT2D eigenvalue weighted by Gasteiger charge is -2.46. The molecule has 2 heteroatoms. The Bertz CT molecular complexity index is 790. The van der Waals surface area contributed by atoms with Crippen molar-refractivity contribution < 1.29 is 9.90 Å². The van der Waals surface area contributed by atoms with Gasteiger partial charge in [0.1, 0.15) is 11.5 Å². The molecule has 166 valence electrons. The molecule has 1 aromatic carbocycles. The van der Waals surface area contributed by atoms with E-state index in [0.717, 1.165) is 32.1 Å². The number of phenols is 1. The maximum Gasteiger partial charge on any atom is 0.136 e. The van der Waals surface area contributed by atoms with Crippen molar-refractivity contribution in [2.45, 2.75) is 86.5 Å². The van der Waals surface area contributed by atoms with Gasteiger partial charge in [0.25, 0.3) is 0 Å². The first-order chi connectivity index (χ1) is 14.1. The van der Waals surface area contributed by atoms with Gasteiger partial charge >= 0.3 is 0 Å². The zero-order chi connectivity index (χ0) is 22.1. The maximum atomic E-state index is 13.0. The van der Waals surface area contributed by atoms with Crippen LogP contribution in [0.4, 0.5) is 0 Å². The molecule has 5 atom stereocenters. The van der Waals surface area contributed by atoms with Crippen molar-refractivity contribution in [3.63, 3.8) is 0 Å². The second-order valence-corrected chi connectivity index (χ2v) is 10.9. The second kappa shape index (κ2) is 9.28. The fourth-order valence-corrected chi connectivity index (χ4v) is 6.47. The van der Waals surface area contributed by atoms with E-state index in [0.29, 0.717) is 35.2 Å².